The number of rotatable bonds is 10. The van der Waals surface area contributed by atoms with Crippen LogP contribution in [0.1, 0.15) is 17.3 Å². The molecule has 0 saturated carbocycles. The number of ether oxygens (including phenoxy) is 3. The molecule has 0 bridgehead atoms. The van der Waals surface area contributed by atoms with Gasteiger partial charge in [0.15, 0.2) is 5.82 Å². The Morgan fingerprint density at radius 3 is 2.51 bits per heavy atom. The molecule has 1 N–H and O–H groups in total. The molecule has 0 aliphatic carbocycles. The third-order valence-corrected chi connectivity index (χ3v) is 5.05. The molecular formula is C26H25FN4O4. The molecule has 1 heterocycles. The van der Waals surface area contributed by atoms with Gasteiger partial charge in [-0.3, -0.25) is 4.79 Å². The van der Waals surface area contributed by atoms with Gasteiger partial charge < -0.3 is 19.5 Å². The minimum atomic E-state index is -0.343. The molecule has 4 rings (SSSR count). The second-order valence-corrected chi connectivity index (χ2v) is 7.42. The molecule has 0 spiro atoms. The van der Waals surface area contributed by atoms with Crippen molar-refractivity contribution in [2.75, 3.05) is 32.2 Å². The number of nitrogens with one attached hydrogen (secondary N) is 1. The summed E-state index contributed by atoms with van der Waals surface area (Å²) >= 11 is 0. The molecule has 35 heavy (non-hydrogen) atoms. The first-order valence-corrected chi connectivity index (χ1v) is 11.1. The Morgan fingerprint density at radius 2 is 1.80 bits per heavy atom. The summed E-state index contributed by atoms with van der Waals surface area (Å²) in [5, 5.41) is 7.33. The van der Waals surface area contributed by atoms with Gasteiger partial charge in [-0.25, -0.2) is 9.07 Å². The number of hydrogen-bond donors (Lipinski definition) is 1. The summed E-state index contributed by atoms with van der Waals surface area (Å²) in [5.74, 6) is 0.495. The summed E-state index contributed by atoms with van der Waals surface area (Å²) in [4.78, 5) is 17.1. The molecule has 3 aromatic carbocycles. The normalized spacial score (nSPS) is 10.7. The summed E-state index contributed by atoms with van der Waals surface area (Å²) in [7, 11) is 1.55. The Kier molecular flexibility index (Phi) is 7.69. The van der Waals surface area contributed by atoms with Crippen molar-refractivity contribution in [1.82, 2.24) is 14.8 Å². The quantitative estimate of drug-likeness (QED) is 0.333. The lowest BCUT2D eigenvalue weighted by Crippen LogP contribution is -2.12. The SMILES string of the molecule is CCOCCOc1nc(-c2ccc(F)cc2)n(-c2ccc(NC(=O)c3cccc(OC)c3)cc2)n1. The smallest absolute Gasteiger partial charge is 0.336 e. The third-order valence-electron chi connectivity index (χ3n) is 5.05. The van der Waals surface area contributed by atoms with E-state index in [0.29, 0.717) is 53.9 Å². The number of carbonyl (C=O) groups is 1. The van der Waals surface area contributed by atoms with Gasteiger partial charge in [0.2, 0.25) is 0 Å². The van der Waals surface area contributed by atoms with E-state index in [0.717, 1.165) is 0 Å². The van der Waals surface area contributed by atoms with Gasteiger partial charge in [-0.1, -0.05) is 6.07 Å². The minimum Gasteiger partial charge on any atom is -0.497 e. The maximum absolute atomic E-state index is 13.5. The van der Waals surface area contributed by atoms with E-state index in [1.54, 1.807) is 72.5 Å². The molecule has 0 atom stereocenters. The standard InChI is InChI=1S/C26H25FN4O4/c1-3-34-15-16-35-26-29-24(18-7-9-20(27)10-8-18)31(30-26)22-13-11-21(12-14-22)28-25(32)19-5-4-6-23(17-19)33-2/h4-14,17H,3,15-16H2,1-2H3,(H,28,32). The summed E-state index contributed by atoms with van der Waals surface area (Å²) in [6.45, 7) is 3.21. The monoisotopic (exact) mass is 476 g/mol. The number of carbonyl (C=O) groups excluding carboxylic acids is 1. The van der Waals surface area contributed by atoms with Crippen LogP contribution in [0.4, 0.5) is 10.1 Å². The average molecular weight is 477 g/mol. The van der Waals surface area contributed by atoms with Crippen LogP contribution >= 0.6 is 0 Å². The van der Waals surface area contributed by atoms with Gasteiger partial charge >= 0.3 is 6.01 Å². The van der Waals surface area contributed by atoms with Crippen LogP contribution in [0.15, 0.2) is 72.8 Å². The Bertz CT molecular complexity index is 1270. The summed E-state index contributed by atoms with van der Waals surface area (Å²) < 4.78 is 31.2. The molecule has 0 radical (unpaired) electrons. The predicted octanol–water partition coefficient (Wildman–Crippen LogP) is 4.75. The van der Waals surface area contributed by atoms with Crippen molar-refractivity contribution in [3.05, 3.63) is 84.2 Å². The van der Waals surface area contributed by atoms with Crippen molar-refractivity contribution in [3.63, 3.8) is 0 Å². The lowest BCUT2D eigenvalue weighted by molar-refractivity contribution is 0.102. The fourth-order valence-electron chi connectivity index (χ4n) is 3.31. The lowest BCUT2D eigenvalue weighted by Gasteiger charge is -2.09. The fraction of sp³-hybridized carbons (Fsp3) is 0.192. The third kappa shape index (κ3) is 6.01. The van der Waals surface area contributed by atoms with Crippen molar-refractivity contribution in [2.45, 2.75) is 6.92 Å². The second kappa shape index (κ2) is 11.3. The summed E-state index contributed by atoms with van der Waals surface area (Å²) in [6.07, 6.45) is 0. The van der Waals surface area contributed by atoms with E-state index in [2.05, 4.69) is 15.4 Å². The lowest BCUT2D eigenvalue weighted by atomic mass is 10.2. The number of methoxy groups -OCH3 is 1. The van der Waals surface area contributed by atoms with Crippen LogP contribution in [0.3, 0.4) is 0 Å². The molecule has 4 aromatic rings. The Balaban J connectivity index is 1.56. The van der Waals surface area contributed by atoms with Gasteiger partial charge in [0, 0.05) is 23.4 Å². The summed E-state index contributed by atoms with van der Waals surface area (Å²) in [5.41, 5.74) is 2.46. The summed E-state index contributed by atoms with van der Waals surface area (Å²) in [6, 6.07) is 20.2. The zero-order valence-corrected chi connectivity index (χ0v) is 19.4. The average Bonchev–Trinajstić information content (AvgIpc) is 3.31. The Morgan fingerprint density at radius 1 is 1.03 bits per heavy atom. The number of halogens is 1. The number of aromatic nitrogens is 3. The van der Waals surface area contributed by atoms with Crippen LogP contribution in [0.5, 0.6) is 11.8 Å². The van der Waals surface area contributed by atoms with Crippen LogP contribution in [0, 0.1) is 5.82 Å². The molecule has 0 saturated heterocycles. The van der Waals surface area contributed by atoms with Gasteiger partial charge in [-0.2, -0.15) is 4.98 Å². The van der Waals surface area contributed by atoms with Crippen LogP contribution in [-0.2, 0) is 4.74 Å². The van der Waals surface area contributed by atoms with E-state index < -0.39 is 0 Å². The maximum Gasteiger partial charge on any atom is 0.336 e. The Labute approximate surface area is 202 Å². The van der Waals surface area contributed by atoms with Crippen molar-refractivity contribution >= 4 is 11.6 Å². The van der Waals surface area contributed by atoms with Crippen LogP contribution in [-0.4, -0.2) is 47.6 Å². The van der Waals surface area contributed by atoms with Crippen molar-refractivity contribution < 1.29 is 23.4 Å². The highest BCUT2D eigenvalue weighted by molar-refractivity contribution is 6.04. The first-order valence-electron chi connectivity index (χ1n) is 11.1. The van der Waals surface area contributed by atoms with Gasteiger partial charge in [0.25, 0.3) is 5.91 Å². The zero-order chi connectivity index (χ0) is 24.6. The molecule has 0 unspecified atom stereocenters. The fourth-order valence-corrected chi connectivity index (χ4v) is 3.31. The molecule has 9 heteroatoms. The molecule has 8 nitrogen and oxygen atoms in total. The highest BCUT2D eigenvalue weighted by Crippen LogP contribution is 2.25. The van der Waals surface area contributed by atoms with E-state index in [4.69, 9.17) is 14.2 Å². The minimum absolute atomic E-state index is 0.180. The van der Waals surface area contributed by atoms with Gasteiger partial charge in [-0.15, -0.1) is 5.10 Å². The highest BCUT2D eigenvalue weighted by atomic mass is 19.1. The van der Waals surface area contributed by atoms with Gasteiger partial charge in [-0.05, 0) is 73.7 Å². The van der Waals surface area contributed by atoms with Crippen LogP contribution in [0.25, 0.3) is 17.1 Å². The van der Waals surface area contributed by atoms with Gasteiger partial charge in [0.05, 0.1) is 19.4 Å². The van der Waals surface area contributed by atoms with Gasteiger partial charge in [0.1, 0.15) is 18.2 Å². The number of amides is 1. The van der Waals surface area contributed by atoms with Crippen molar-refractivity contribution in [1.29, 1.82) is 0 Å². The molecule has 1 amide bonds. The largest absolute Gasteiger partial charge is 0.497 e. The van der Waals surface area contributed by atoms with E-state index in [-0.39, 0.29) is 17.7 Å². The number of anilines is 1. The van der Waals surface area contributed by atoms with Crippen LogP contribution in [0.2, 0.25) is 0 Å². The van der Waals surface area contributed by atoms with E-state index in [1.165, 1.54) is 12.1 Å². The van der Waals surface area contributed by atoms with E-state index >= 15 is 0 Å². The first kappa shape index (κ1) is 23.9. The second-order valence-electron chi connectivity index (χ2n) is 7.42. The van der Waals surface area contributed by atoms with Crippen molar-refractivity contribution in [2.24, 2.45) is 0 Å². The topological polar surface area (TPSA) is 87.5 Å². The molecule has 0 aliphatic rings. The Hall–Kier alpha value is -4.24. The molecule has 180 valence electrons. The molecular weight excluding hydrogens is 451 g/mol. The number of nitrogens with zero attached hydrogens (tertiary/aromatic N) is 3. The first-order chi connectivity index (χ1) is 17.1. The number of benzene rings is 3. The molecule has 1 aromatic heterocycles. The van der Waals surface area contributed by atoms with E-state index in [9.17, 15) is 9.18 Å². The van der Waals surface area contributed by atoms with E-state index in [1.807, 2.05) is 6.92 Å². The maximum atomic E-state index is 13.5. The highest BCUT2D eigenvalue weighted by Gasteiger charge is 2.15. The van der Waals surface area contributed by atoms with Crippen molar-refractivity contribution in [3.8, 4) is 28.8 Å². The molecule has 0 fully saturated rings. The molecule has 0 aliphatic heterocycles. The zero-order valence-electron chi connectivity index (χ0n) is 19.4. The van der Waals surface area contributed by atoms with Crippen LogP contribution < -0.4 is 14.8 Å². The number of hydrogen-bond acceptors (Lipinski definition) is 6. The predicted molar refractivity (Wildman–Crippen MR) is 130 cm³/mol.